The topological polar surface area (TPSA) is 60.2 Å². The SMILES string of the molecule is COC1CCCC1Nc1nnc(C)o1. The molecule has 1 N–H and O–H groups in total. The molecule has 0 bridgehead atoms. The molecule has 1 aliphatic rings. The van der Waals surface area contributed by atoms with E-state index in [2.05, 4.69) is 15.5 Å². The predicted molar refractivity (Wildman–Crippen MR) is 51.1 cm³/mol. The maximum Gasteiger partial charge on any atom is 0.315 e. The minimum absolute atomic E-state index is 0.266. The van der Waals surface area contributed by atoms with Crippen LogP contribution < -0.4 is 5.32 Å². The lowest BCUT2D eigenvalue weighted by Gasteiger charge is -2.17. The van der Waals surface area contributed by atoms with Crippen molar-refractivity contribution in [2.75, 3.05) is 12.4 Å². The molecule has 1 fully saturated rings. The van der Waals surface area contributed by atoms with E-state index in [0.717, 1.165) is 12.8 Å². The molecule has 2 atom stereocenters. The summed E-state index contributed by atoms with van der Waals surface area (Å²) in [7, 11) is 1.74. The maximum atomic E-state index is 5.35. The van der Waals surface area contributed by atoms with Crippen LogP contribution in [0.15, 0.2) is 4.42 Å². The summed E-state index contributed by atoms with van der Waals surface area (Å²) >= 11 is 0. The first-order valence-electron chi connectivity index (χ1n) is 4.89. The molecule has 78 valence electrons. The molecule has 1 aromatic rings. The average Bonchev–Trinajstić information content (AvgIpc) is 2.76. The molecule has 0 spiro atoms. The van der Waals surface area contributed by atoms with E-state index >= 15 is 0 Å². The van der Waals surface area contributed by atoms with Gasteiger partial charge in [-0.05, 0) is 19.3 Å². The fraction of sp³-hybridized carbons (Fsp3) is 0.778. The van der Waals surface area contributed by atoms with Crippen LogP contribution >= 0.6 is 0 Å². The van der Waals surface area contributed by atoms with E-state index in [1.54, 1.807) is 14.0 Å². The fourth-order valence-electron chi connectivity index (χ4n) is 1.89. The summed E-state index contributed by atoms with van der Waals surface area (Å²) in [5.41, 5.74) is 0. The van der Waals surface area contributed by atoms with Crippen molar-refractivity contribution in [2.24, 2.45) is 0 Å². The van der Waals surface area contributed by atoms with Gasteiger partial charge in [-0.1, -0.05) is 5.10 Å². The molecule has 1 saturated carbocycles. The highest BCUT2D eigenvalue weighted by atomic mass is 16.5. The number of aromatic nitrogens is 2. The van der Waals surface area contributed by atoms with Crippen LogP contribution in [0.5, 0.6) is 0 Å². The maximum absolute atomic E-state index is 5.35. The van der Waals surface area contributed by atoms with Crippen LogP contribution in [0.25, 0.3) is 0 Å². The van der Waals surface area contributed by atoms with Crippen LogP contribution in [-0.2, 0) is 4.74 Å². The van der Waals surface area contributed by atoms with Crippen molar-refractivity contribution in [3.8, 4) is 0 Å². The third-order valence-corrected chi connectivity index (χ3v) is 2.59. The molecule has 2 unspecified atom stereocenters. The minimum atomic E-state index is 0.266. The molecule has 1 aromatic heterocycles. The number of ether oxygens (including phenoxy) is 1. The van der Waals surface area contributed by atoms with Crippen molar-refractivity contribution in [1.82, 2.24) is 10.2 Å². The van der Waals surface area contributed by atoms with E-state index in [9.17, 15) is 0 Å². The number of anilines is 1. The molecular weight excluding hydrogens is 182 g/mol. The molecule has 0 saturated heterocycles. The molecule has 0 aromatic carbocycles. The second kappa shape index (κ2) is 3.96. The molecule has 14 heavy (non-hydrogen) atoms. The van der Waals surface area contributed by atoms with Crippen molar-refractivity contribution in [2.45, 2.75) is 38.3 Å². The Balaban J connectivity index is 1.96. The molecule has 1 aliphatic carbocycles. The molecule has 2 rings (SSSR count). The first-order chi connectivity index (χ1) is 6.79. The minimum Gasteiger partial charge on any atom is -0.408 e. The molecule has 5 nitrogen and oxygen atoms in total. The summed E-state index contributed by atoms with van der Waals surface area (Å²) in [5, 5.41) is 10.9. The van der Waals surface area contributed by atoms with Crippen LogP contribution in [0.1, 0.15) is 25.2 Å². The predicted octanol–water partition coefficient (Wildman–Crippen LogP) is 1.36. The van der Waals surface area contributed by atoms with Crippen LogP contribution in [0.3, 0.4) is 0 Å². The highest BCUT2D eigenvalue weighted by molar-refractivity contribution is 5.21. The van der Waals surface area contributed by atoms with Crippen molar-refractivity contribution in [3.05, 3.63) is 5.89 Å². The van der Waals surface area contributed by atoms with Gasteiger partial charge in [-0.3, -0.25) is 0 Å². The van der Waals surface area contributed by atoms with Gasteiger partial charge in [0, 0.05) is 14.0 Å². The van der Waals surface area contributed by atoms with Crippen LogP contribution in [0.4, 0.5) is 6.01 Å². The van der Waals surface area contributed by atoms with Gasteiger partial charge < -0.3 is 14.5 Å². The molecule has 0 amide bonds. The lowest BCUT2D eigenvalue weighted by Crippen LogP contribution is -2.29. The smallest absolute Gasteiger partial charge is 0.315 e. The standard InChI is InChI=1S/C9H15N3O2/c1-6-11-12-9(14-6)10-7-4-3-5-8(7)13-2/h7-8H,3-5H2,1-2H3,(H,10,12). The van der Waals surface area contributed by atoms with Gasteiger partial charge in [0.2, 0.25) is 5.89 Å². The lowest BCUT2D eigenvalue weighted by molar-refractivity contribution is 0.100. The number of nitrogens with one attached hydrogen (secondary N) is 1. The van der Waals surface area contributed by atoms with Crippen molar-refractivity contribution in [1.29, 1.82) is 0 Å². The molecule has 1 heterocycles. The number of aryl methyl sites for hydroxylation is 1. The van der Waals surface area contributed by atoms with Crippen LogP contribution in [-0.4, -0.2) is 29.5 Å². The number of hydrogen-bond acceptors (Lipinski definition) is 5. The summed E-state index contributed by atoms with van der Waals surface area (Å²) in [6, 6.07) is 0.802. The van der Waals surface area contributed by atoms with Gasteiger partial charge in [-0.2, -0.15) is 0 Å². The zero-order valence-corrected chi connectivity index (χ0v) is 8.49. The summed E-state index contributed by atoms with van der Waals surface area (Å²) in [4.78, 5) is 0. The highest BCUT2D eigenvalue weighted by Crippen LogP contribution is 2.24. The van der Waals surface area contributed by atoms with Gasteiger partial charge in [-0.25, -0.2) is 0 Å². The molecule has 0 aliphatic heterocycles. The first kappa shape index (κ1) is 9.45. The average molecular weight is 197 g/mol. The van der Waals surface area contributed by atoms with Gasteiger partial charge in [0.05, 0.1) is 12.1 Å². The number of rotatable bonds is 3. The largest absolute Gasteiger partial charge is 0.408 e. The highest BCUT2D eigenvalue weighted by Gasteiger charge is 2.28. The van der Waals surface area contributed by atoms with Gasteiger partial charge in [0.15, 0.2) is 0 Å². The summed E-state index contributed by atoms with van der Waals surface area (Å²) in [5.74, 6) is 0.583. The van der Waals surface area contributed by atoms with E-state index in [4.69, 9.17) is 9.15 Å². The van der Waals surface area contributed by atoms with Crippen molar-refractivity contribution in [3.63, 3.8) is 0 Å². The van der Waals surface area contributed by atoms with Gasteiger partial charge in [0.1, 0.15) is 0 Å². The summed E-state index contributed by atoms with van der Waals surface area (Å²) < 4.78 is 10.6. The first-order valence-corrected chi connectivity index (χ1v) is 4.89. The fourth-order valence-corrected chi connectivity index (χ4v) is 1.89. The van der Waals surface area contributed by atoms with E-state index in [1.807, 2.05) is 0 Å². The number of hydrogen-bond donors (Lipinski definition) is 1. The van der Waals surface area contributed by atoms with E-state index in [-0.39, 0.29) is 6.10 Å². The Hall–Kier alpha value is -1.10. The Labute approximate surface area is 82.8 Å². The lowest BCUT2D eigenvalue weighted by atomic mass is 10.2. The second-order valence-electron chi connectivity index (χ2n) is 3.58. The Morgan fingerprint density at radius 2 is 2.29 bits per heavy atom. The number of methoxy groups -OCH3 is 1. The molecular formula is C9H15N3O2. The zero-order valence-electron chi connectivity index (χ0n) is 8.49. The molecule has 0 radical (unpaired) electrons. The number of nitrogens with zero attached hydrogens (tertiary/aromatic N) is 2. The van der Waals surface area contributed by atoms with Gasteiger partial charge in [-0.15, -0.1) is 5.10 Å². The van der Waals surface area contributed by atoms with E-state index < -0.39 is 0 Å². The quantitative estimate of drug-likeness (QED) is 0.792. The summed E-state index contributed by atoms with van der Waals surface area (Å²) in [6.45, 7) is 1.78. The Kier molecular flexibility index (Phi) is 2.67. The summed E-state index contributed by atoms with van der Waals surface area (Å²) in [6.07, 6.45) is 3.65. The van der Waals surface area contributed by atoms with Crippen LogP contribution in [0, 0.1) is 6.92 Å². The van der Waals surface area contributed by atoms with Gasteiger partial charge >= 0.3 is 6.01 Å². The van der Waals surface area contributed by atoms with Crippen molar-refractivity contribution < 1.29 is 9.15 Å². The van der Waals surface area contributed by atoms with E-state index in [1.165, 1.54) is 6.42 Å². The van der Waals surface area contributed by atoms with Gasteiger partial charge in [0.25, 0.3) is 0 Å². The van der Waals surface area contributed by atoms with Crippen molar-refractivity contribution >= 4 is 6.01 Å². The second-order valence-corrected chi connectivity index (χ2v) is 3.58. The third kappa shape index (κ3) is 1.87. The third-order valence-electron chi connectivity index (χ3n) is 2.59. The van der Waals surface area contributed by atoms with Crippen LogP contribution in [0.2, 0.25) is 0 Å². The van der Waals surface area contributed by atoms with E-state index in [0.29, 0.717) is 17.9 Å². The monoisotopic (exact) mass is 197 g/mol. The normalized spacial score (nSPS) is 26.7. The zero-order chi connectivity index (χ0) is 9.97. The Bertz CT molecular complexity index is 300. The molecule has 5 heteroatoms. The Morgan fingerprint density at radius 1 is 1.43 bits per heavy atom. The Morgan fingerprint density at radius 3 is 2.93 bits per heavy atom.